The molecule has 4 aromatic rings. The molecule has 0 spiro atoms. The zero-order valence-electron chi connectivity index (χ0n) is 18.7. The summed E-state index contributed by atoms with van der Waals surface area (Å²) in [6, 6.07) is 20.6. The Morgan fingerprint density at radius 1 is 0.700 bits per heavy atom. The maximum Gasteiger partial charge on any atom is 0.123 e. The van der Waals surface area contributed by atoms with Crippen molar-refractivity contribution in [3.05, 3.63) is 71.8 Å². The standard InChI is InChI=1S/C27H30N2O/c1-26(2,3)20-15-17(16-21(25(20)30)27(4,5)6)28-24-18-11-7-9-13-22(18)29-23-14-10-8-12-19(23)24/h7-16,30H,1-6H3,(H,28,29). The summed E-state index contributed by atoms with van der Waals surface area (Å²) >= 11 is 0. The fourth-order valence-electron chi connectivity index (χ4n) is 3.97. The number of aromatic hydroxyl groups is 1. The van der Waals surface area contributed by atoms with Crippen molar-refractivity contribution in [2.24, 2.45) is 0 Å². The molecule has 0 saturated heterocycles. The molecule has 3 heteroatoms. The summed E-state index contributed by atoms with van der Waals surface area (Å²) in [5.74, 6) is 0.394. The molecule has 3 nitrogen and oxygen atoms in total. The number of para-hydroxylation sites is 2. The quantitative estimate of drug-likeness (QED) is 0.272. The number of hydrogen-bond acceptors (Lipinski definition) is 3. The Bertz CT molecular complexity index is 1150. The monoisotopic (exact) mass is 398 g/mol. The Hall–Kier alpha value is -3.07. The molecular formula is C27H30N2O. The van der Waals surface area contributed by atoms with Crippen molar-refractivity contribution >= 4 is 33.2 Å². The van der Waals surface area contributed by atoms with Crippen molar-refractivity contribution in [2.75, 3.05) is 5.32 Å². The highest BCUT2D eigenvalue weighted by atomic mass is 16.3. The van der Waals surface area contributed by atoms with Gasteiger partial charge in [-0.25, -0.2) is 4.98 Å². The first kappa shape index (κ1) is 20.2. The molecular weight excluding hydrogens is 368 g/mol. The number of hydrogen-bond donors (Lipinski definition) is 2. The summed E-state index contributed by atoms with van der Waals surface area (Å²) < 4.78 is 0. The van der Waals surface area contributed by atoms with Crippen molar-refractivity contribution in [3.8, 4) is 5.75 Å². The van der Waals surface area contributed by atoms with E-state index in [1.807, 2.05) is 36.4 Å². The Kier molecular flexibility index (Phi) is 4.73. The highest BCUT2D eigenvalue weighted by molar-refractivity contribution is 6.08. The minimum Gasteiger partial charge on any atom is -0.507 e. The molecule has 154 valence electrons. The Balaban J connectivity index is 1.98. The number of pyridine rings is 1. The van der Waals surface area contributed by atoms with E-state index >= 15 is 0 Å². The SMILES string of the molecule is CC(C)(C)c1cc(Nc2c3ccccc3nc3ccccc23)cc(C(C)(C)C)c1O. The van der Waals surface area contributed by atoms with Gasteiger partial charge in [-0.3, -0.25) is 0 Å². The number of phenols is 1. The van der Waals surface area contributed by atoms with Gasteiger partial charge in [-0.15, -0.1) is 0 Å². The third-order valence-electron chi connectivity index (χ3n) is 5.58. The summed E-state index contributed by atoms with van der Waals surface area (Å²) in [5, 5.41) is 16.9. The molecule has 1 heterocycles. The molecule has 0 fully saturated rings. The summed E-state index contributed by atoms with van der Waals surface area (Å²) in [6.45, 7) is 12.8. The Morgan fingerprint density at radius 2 is 1.13 bits per heavy atom. The number of phenolic OH excluding ortho intramolecular Hbond substituents is 1. The fourth-order valence-corrected chi connectivity index (χ4v) is 3.97. The van der Waals surface area contributed by atoms with Crippen LogP contribution in [0.3, 0.4) is 0 Å². The molecule has 30 heavy (non-hydrogen) atoms. The zero-order chi connectivity index (χ0) is 21.7. The predicted molar refractivity (Wildman–Crippen MR) is 128 cm³/mol. The second-order valence-corrected chi connectivity index (χ2v) is 10.1. The average Bonchev–Trinajstić information content (AvgIpc) is 2.67. The van der Waals surface area contributed by atoms with E-state index in [0.717, 1.165) is 44.3 Å². The third-order valence-corrected chi connectivity index (χ3v) is 5.58. The number of benzene rings is 3. The normalized spacial score (nSPS) is 12.5. The topological polar surface area (TPSA) is 45.2 Å². The molecule has 0 aliphatic heterocycles. The molecule has 0 amide bonds. The van der Waals surface area contributed by atoms with E-state index in [-0.39, 0.29) is 10.8 Å². The zero-order valence-corrected chi connectivity index (χ0v) is 18.7. The van der Waals surface area contributed by atoms with Gasteiger partial charge < -0.3 is 10.4 Å². The summed E-state index contributed by atoms with van der Waals surface area (Å²) in [6.07, 6.45) is 0. The van der Waals surface area contributed by atoms with Gasteiger partial charge in [0.2, 0.25) is 0 Å². The van der Waals surface area contributed by atoms with Gasteiger partial charge in [0.25, 0.3) is 0 Å². The van der Waals surface area contributed by atoms with Gasteiger partial charge >= 0.3 is 0 Å². The average molecular weight is 399 g/mol. The van der Waals surface area contributed by atoms with Crippen LogP contribution in [0.4, 0.5) is 11.4 Å². The van der Waals surface area contributed by atoms with Crippen LogP contribution in [-0.2, 0) is 10.8 Å². The molecule has 0 aliphatic rings. The van der Waals surface area contributed by atoms with E-state index in [0.29, 0.717) is 5.75 Å². The van der Waals surface area contributed by atoms with Gasteiger partial charge in [-0.05, 0) is 35.1 Å². The van der Waals surface area contributed by atoms with Gasteiger partial charge in [0, 0.05) is 27.6 Å². The largest absolute Gasteiger partial charge is 0.507 e. The van der Waals surface area contributed by atoms with Crippen molar-refractivity contribution in [3.63, 3.8) is 0 Å². The molecule has 0 aliphatic carbocycles. The van der Waals surface area contributed by atoms with Crippen LogP contribution in [0, 0.1) is 0 Å². The minimum atomic E-state index is -0.176. The lowest BCUT2D eigenvalue weighted by Gasteiger charge is -2.28. The molecule has 0 bridgehead atoms. The van der Waals surface area contributed by atoms with Gasteiger partial charge in [0.1, 0.15) is 5.75 Å². The van der Waals surface area contributed by atoms with Crippen molar-refractivity contribution in [1.29, 1.82) is 0 Å². The lowest BCUT2D eigenvalue weighted by Crippen LogP contribution is -2.17. The van der Waals surface area contributed by atoms with Crippen molar-refractivity contribution in [1.82, 2.24) is 4.98 Å². The molecule has 2 N–H and O–H groups in total. The molecule has 0 unspecified atom stereocenters. The van der Waals surface area contributed by atoms with E-state index in [2.05, 4.69) is 71.1 Å². The lowest BCUT2D eigenvalue weighted by molar-refractivity contribution is 0.423. The second kappa shape index (κ2) is 7.02. The highest BCUT2D eigenvalue weighted by Gasteiger charge is 2.26. The number of nitrogens with one attached hydrogen (secondary N) is 1. The number of fused-ring (bicyclic) bond motifs is 2. The maximum atomic E-state index is 11.1. The summed E-state index contributed by atoms with van der Waals surface area (Å²) in [7, 11) is 0. The maximum absolute atomic E-state index is 11.1. The minimum absolute atomic E-state index is 0.176. The number of nitrogens with zero attached hydrogens (tertiary/aromatic N) is 1. The van der Waals surface area contributed by atoms with Gasteiger partial charge in [-0.1, -0.05) is 77.9 Å². The van der Waals surface area contributed by atoms with E-state index in [1.54, 1.807) is 0 Å². The number of rotatable bonds is 2. The fraction of sp³-hybridized carbons (Fsp3) is 0.296. The third kappa shape index (κ3) is 3.60. The van der Waals surface area contributed by atoms with Gasteiger partial charge in [-0.2, -0.15) is 0 Å². The number of aromatic nitrogens is 1. The summed E-state index contributed by atoms with van der Waals surface area (Å²) in [4.78, 5) is 4.83. The van der Waals surface area contributed by atoms with Crippen LogP contribution >= 0.6 is 0 Å². The molecule has 4 rings (SSSR count). The molecule has 0 atom stereocenters. The first-order chi connectivity index (χ1) is 14.1. The smallest absolute Gasteiger partial charge is 0.123 e. The predicted octanol–water partition coefficient (Wildman–Crippen LogP) is 7.43. The summed E-state index contributed by atoms with van der Waals surface area (Å²) in [5.41, 5.74) is 5.48. The van der Waals surface area contributed by atoms with Crippen LogP contribution in [0.1, 0.15) is 52.7 Å². The van der Waals surface area contributed by atoms with Crippen molar-refractivity contribution < 1.29 is 5.11 Å². The molecule has 0 saturated carbocycles. The van der Waals surface area contributed by atoms with Crippen LogP contribution in [0.15, 0.2) is 60.7 Å². The van der Waals surface area contributed by atoms with E-state index in [1.165, 1.54) is 0 Å². The van der Waals surface area contributed by atoms with Gasteiger partial charge in [0.15, 0.2) is 0 Å². The van der Waals surface area contributed by atoms with Crippen LogP contribution in [-0.4, -0.2) is 10.1 Å². The second-order valence-electron chi connectivity index (χ2n) is 10.1. The van der Waals surface area contributed by atoms with E-state index in [4.69, 9.17) is 4.98 Å². The number of anilines is 2. The Labute approximate surface area is 178 Å². The van der Waals surface area contributed by atoms with Crippen molar-refractivity contribution in [2.45, 2.75) is 52.4 Å². The van der Waals surface area contributed by atoms with Crippen LogP contribution < -0.4 is 5.32 Å². The highest BCUT2D eigenvalue weighted by Crippen LogP contribution is 2.42. The first-order valence-corrected chi connectivity index (χ1v) is 10.5. The van der Waals surface area contributed by atoms with E-state index in [9.17, 15) is 5.11 Å². The lowest BCUT2D eigenvalue weighted by atomic mass is 9.79. The van der Waals surface area contributed by atoms with Gasteiger partial charge in [0.05, 0.1) is 16.7 Å². The van der Waals surface area contributed by atoms with Crippen LogP contribution in [0.25, 0.3) is 21.8 Å². The molecule has 3 aromatic carbocycles. The molecule has 0 radical (unpaired) electrons. The van der Waals surface area contributed by atoms with Crippen LogP contribution in [0.5, 0.6) is 5.75 Å². The van der Waals surface area contributed by atoms with Crippen LogP contribution in [0.2, 0.25) is 0 Å². The Morgan fingerprint density at radius 3 is 1.57 bits per heavy atom. The first-order valence-electron chi connectivity index (χ1n) is 10.5. The molecule has 1 aromatic heterocycles. The van der Waals surface area contributed by atoms with E-state index < -0.39 is 0 Å².